The molecular formula is C29H32N2O5. The van der Waals surface area contributed by atoms with Crippen molar-refractivity contribution >= 4 is 17.5 Å². The van der Waals surface area contributed by atoms with Gasteiger partial charge in [0, 0.05) is 17.8 Å². The summed E-state index contributed by atoms with van der Waals surface area (Å²) in [6.45, 7) is 4.50. The fourth-order valence-electron chi connectivity index (χ4n) is 4.86. The summed E-state index contributed by atoms with van der Waals surface area (Å²) in [6.07, 6.45) is 0.737. The molecule has 0 fully saturated rings. The van der Waals surface area contributed by atoms with Crippen molar-refractivity contribution in [2.45, 2.75) is 32.2 Å². The number of methoxy groups -OCH3 is 3. The molecule has 0 spiro atoms. The van der Waals surface area contributed by atoms with Gasteiger partial charge in [-0.15, -0.1) is 0 Å². The zero-order chi connectivity index (χ0) is 25.8. The lowest BCUT2D eigenvalue weighted by atomic mass is 9.78. The number of benzene rings is 3. The van der Waals surface area contributed by atoms with Crippen molar-refractivity contribution in [1.29, 1.82) is 0 Å². The van der Waals surface area contributed by atoms with Gasteiger partial charge in [0.2, 0.25) is 11.7 Å². The van der Waals surface area contributed by atoms with Crippen LogP contribution < -0.4 is 19.5 Å². The van der Waals surface area contributed by atoms with Crippen LogP contribution in [-0.4, -0.2) is 44.6 Å². The number of ether oxygens (including phenoxy) is 3. The van der Waals surface area contributed by atoms with Gasteiger partial charge in [0.25, 0.3) is 5.91 Å². The molecule has 188 valence electrons. The maximum absolute atomic E-state index is 14.0. The van der Waals surface area contributed by atoms with Crippen LogP contribution in [0, 0.1) is 6.92 Å². The molecule has 2 atom stereocenters. The molecule has 1 N–H and O–H groups in total. The van der Waals surface area contributed by atoms with Crippen LogP contribution in [0.5, 0.6) is 17.2 Å². The number of anilines is 1. The summed E-state index contributed by atoms with van der Waals surface area (Å²) in [5.41, 5.74) is 3.76. The van der Waals surface area contributed by atoms with E-state index in [0.717, 1.165) is 17.5 Å². The molecule has 3 aromatic carbocycles. The van der Waals surface area contributed by atoms with Gasteiger partial charge < -0.3 is 24.4 Å². The second-order valence-electron chi connectivity index (χ2n) is 8.82. The average molecular weight is 489 g/mol. The number of fused-ring (bicyclic) bond motifs is 1. The van der Waals surface area contributed by atoms with Gasteiger partial charge in [-0.2, -0.15) is 0 Å². The SMILES string of the molecule is CCCN1C(=O)c2ccccc2[C@H](C(=O)Nc2ccc(C)cc2)[C@H]1c1cc(OC)c(OC)c(OC)c1. The maximum Gasteiger partial charge on any atom is 0.254 e. The van der Waals surface area contributed by atoms with Crippen LogP contribution in [-0.2, 0) is 4.79 Å². The highest BCUT2D eigenvalue weighted by Gasteiger charge is 2.44. The first kappa shape index (κ1) is 25.1. The number of nitrogens with one attached hydrogen (secondary N) is 1. The molecule has 2 amide bonds. The van der Waals surface area contributed by atoms with E-state index in [9.17, 15) is 9.59 Å². The van der Waals surface area contributed by atoms with Crippen LogP contribution in [0.25, 0.3) is 0 Å². The van der Waals surface area contributed by atoms with Gasteiger partial charge in [-0.1, -0.05) is 42.8 Å². The van der Waals surface area contributed by atoms with Crippen molar-refractivity contribution < 1.29 is 23.8 Å². The molecular weight excluding hydrogens is 456 g/mol. The number of rotatable bonds is 8. The van der Waals surface area contributed by atoms with E-state index >= 15 is 0 Å². The van der Waals surface area contributed by atoms with Crippen LogP contribution in [0.3, 0.4) is 0 Å². The number of hydrogen-bond acceptors (Lipinski definition) is 5. The molecule has 0 unspecified atom stereocenters. The number of hydrogen-bond donors (Lipinski definition) is 1. The normalized spacial score (nSPS) is 16.8. The van der Waals surface area contributed by atoms with Crippen LogP contribution in [0.2, 0.25) is 0 Å². The summed E-state index contributed by atoms with van der Waals surface area (Å²) in [5.74, 6) is 0.424. The Morgan fingerprint density at radius 3 is 2.17 bits per heavy atom. The van der Waals surface area contributed by atoms with E-state index in [1.807, 2.05) is 68.4 Å². The van der Waals surface area contributed by atoms with Crippen molar-refractivity contribution in [3.8, 4) is 17.2 Å². The number of aryl methyl sites for hydroxylation is 1. The Balaban J connectivity index is 1.90. The molecule has 0 saturated heterocycles. The molecule has 0 saturated carbocycles. The van der Waals surface area contributed by atoms with E-state index in [-0.39, 0.29) is 11.8 Å². The maximum atomic E-state index is 14.0. The molecule has 0 bridgehead atoms. The summed E-state index contributed by atoms with van der Waals surface area (Å²) in [6, 6.07) is 18.1. The standard InChI is InChI=1S/C29H32N2O5/c1-6-15-31-26(19-16-23(34-3)27(36-5)24(17-19)35-4)25(21-9-7-8-10-22(21)29(31)33)28(32)30-20-13-11-18(2)12-14-20/h7-14,16-17,25-26H,6,15H2,1-5H3,(H,30,32)/t25-,26+/m0/s1. The Kier molecular flexibility index (Phi) is 7.48. The number of nitrogens with zero attached hydrogens (tertiary/aromatic N) is 1. The minimum Gasteiger partial charge on any atom is -0.493 e. The average Bonchev–Trinajstić information content (AvgIpc) is 2.90. The molecule has 3 aromatic rings. The quantitative estimate of drug-likeness (QED) is 0.463. The lowest BCUT2D eigenvalue weighted by Crippen LogP contribution is -2.46. The third-order valence-electron chi connectivity index (χ3n) is 6.53. The predicted molar refractivity (Wildman–Crippen MR) is 139 cm³/mol. The highest BCUT2D eigenvalue weighted by atomic mass is 16.5. The fourth-order valence-corrected chi connectivity index (χ4v) is 4.86. The van der Waals surface area contributed by atoms with E-state index in [1.54, 1.807) is 32.3 Å². The van der Waals surface area contributed by atoms with E-state index in [2.05, 4.69) is 5.32 Å². The van der Waals surface area contributed by atoms with Crippen molar-refractivity contribution in [3.05, 3.63) is 82.9 Å². The molecule has 7 heteroatoms. The topological polar surface area (TPSA) is 77.1 Å². The smallest absolute Gasteiger partial charge is 0.254 e. The van der Waals surface area contributed by atoms with E-state index in [0.29, 0.717) is 40.6 Å². The summed E-state index contributed by atoms with van der Waals surface area (Å²) in [4.78, 5) is 29.4. The molecule has 7 nitrogen and oxygen atoms in total. The van der Waals surface area contributed by atoms with Gasteiger partial charge in [-0.3, -0.25) is 9.59 Å². The molecule has 36 heavy (non-hydrogen) atoms. The largest absolute Gasteiger partial charge is 0.493 e. The molecule has 0 aliphatic carbocycles. The Hall–Kier alpha value is -4.00. The summed E-state index contributed by atoms with van der Waals surface area (Å²) >= 11 is 0. The second kappa shape index (κ2) is 10.7. The van der Waals surface area contributed by atoms with Gasteiger partial charge in [0.1, 0.15) is 0 Å². The summed E-state index contributed by atoms with van der Waals surface area (Å²) in [7, 11) is 4.64. The van der Waals surface area contributed by atoms with Gasteiger partial charge >= 0.3 is 0 Å². The van der Waals surface area contributed by atoms with Gasteiger partial charge in [0.05, 0.1) is 33.3 Å². The highest BCUT2D eigenvalue weighted by Crippen LogP contribution is 2.47. The van der Waals surface area contributed by atoms with E-state index < -0.39 is 12.0 Å². The van der Waals surface area contributed by atoms with E-state index in [4.69, 9.17) is 14.2 Å². The van der Waals surface area contributed by atoms with Crippen molar-refractivity contribution in [3.63, 3.8) is 0 Å². The van der Waals surface area contributed by atoms with Gasteiger partial charge in [0.15, 0.2) is 11.5 Å². The number of carbonyl (C=O) groups excluding carboxylic acids is 2. The van der Waals surface area contributed by atoms with Crippen molar-refractivity contribution in [2.24, 2.45) is 0 Å². The Labute approximate surface area is 212 Å². The Morgan fingerprint density at radius 2 is 1.58 bits per heavy atom. The fraction of sp³-hybridized carbons (Fsp3) is 0.310. The van der Waals surface area contributed by atoms with Gasteiger partial charge in [-0.05, 0) is 54.8 Å². The molecule has 0 aromatic heterocycles. The lowest BCUT2D eigenvalue weighted by Gasteiger charge is -2.42. The minimum atomic E-state index is -0.658. The van der Waals surface area contributed by atoms with E-state index in [1.165, 1.54) is 0 Å². The van der Waals surface area contributed by atoms with Crippen molar-refractivity contribution in [1.82, 2.24) is 4.90 Å². The first-order valence-electron chi connectivity index (χ1n) is 12.0. The zero-order valence-corrected chi connectivity index (χ0v) is 21.3. The molecule has 1 heterocycles. The van der Waals surface area contributed by atoms with Crippen LogP contribution >= 0.6 is 0 Å². The van der Waals surface area contributed by atoms with Crippen LogP contribution in [0.1, 0.15) is 52.4 Å². The third-order valence-corrected chi connectivity index (χ3v) is 6.53. The molecule has 0 radical (unpaired) electrons. The molecule has 1 aliphatic heterocycles. The van der Waals surface area contributed by atoms with Crippen molar-refractivity contribution in [2.75, 3.05) is 33.2 Å². The third kappa shape index (κ3) is 4.61. The minimum absolute atomic E-state index is 0.106. The molecule has 4 rings (SSSR count). The first-order chi connectivity index (χ1) is 17.4. The number of amides is 2. The molecule has 1 aliphatic rings. The monoisotopic (exact) mass is 488 g/mol. The lowest BCUT2D eigenvalue weighted by molar-refractivity contribution is -0.119. The number of carbonyl (C=O) groups is 2. The summed E-state index contributed by atoms with van der Waals surface area (Å²) in [5, 5.41) is 3.07. The first-order valence-corrected chi connectivity index (χ1v) is 12.0. The second-order valence-corrected chi connectivity index (χ2v) is 8.82. The Bertz CT molecular complexity index is 1230. The van der Waals surface area contributed by atoms with Crippen LogP contribution in [0.15, 0.2) is 60.7 Å². The van der Waals surface area contributed by atoms with Crippen LogP contribution in [0.4, 0.5) is 5.69 Å². The zero-order valence-electron chi connectivity index (χ0n) is 21.3. The van der Waals surface area contributed by atoms with Gasteiger partial charge in [-0.25, -0.2) is 0 Å². The Morgan fingerprint density at radius 1 is 0.944 bits per heavy atom. The highest BCUT2D eigenvalue weighted by molar-refractivity contribution is 6.04. The summed E-state index contributed by atoms with van der Waals surface area (Å²) < 4.78 is 16.7. The predicted octanol–water partition coefficient (Wildman–Crippen LogP) is 5.35.